The van der Waals surface area contributed by atoms with Gasteiger partial charge in [-0.05, 0) is 0 Å². The van der Waals surface area contributed by atoms with Gasteiger partial charge >= 0.3 is 77.0 Å². The van der Waals surface area contributed by atoms with Crippen molar-refractivity contribution in [3.8, 4) is 6.01 Å². The molecular formula is C8H14N2OSn. The molecule has 0 fully saturated rings. The van der Waals surface area contributed by atoms with Gasteiger partial charge in [0.1, 0.15) is 0 Å². The first kappa shape index (κ1) is 9.76. The molecule has 0 saturated heterocycles. The van der Waals surface area contributed by atoms with Crippen molar-refractivity contribution < 1.29 is 4.74 Å². The van der Waals surface area contributed by atoms with Gasteiger partial charge in [-0.2, -0.15) is 0 Å². The zero-order valence-electron chi connectivity index (χ0n) is 7.96. The summed E-state index contributed by atoms with van der Waals surface area (Å²) in [5, 5.41) is 0. The summed E-state index contributed by atoms with van der Waals surface area (Å²) >= 11 is -1.94. The zero-order valence-corrected chi connectivity index (χ0v) is 10.8. The van der Waals surface area contributed by atoms with Crippen molar-refractivity contribution >= 4 is 22.0 Å². The molecule has 0 aliphatic heterocycles. The summed E-state index contributed by atoms with van der Waals surface area (Å²) in [4.78, 5) is 15.2. The topological polar surface area (TPSA) is 35.0 Å². The number of aromatic nitrogens is 2. The summed E-state index contributed by atoms with van der Waals surface area (Å²) in [5.74, 6) is 0. The molecule has 0 aliphatic rings. The van der Waals surface area contributed by atoms with Gasteiger partial charge in [-0.15, -0.1) is 0 Å². The molecule has 0 saturated carbocycles. The van der Waals surface area contributed by atoms with E-state index in [1.54, 1.807) is 7.11 Å². The second kappa shape index (κ2) is 3.60. The van der Waals surface area contributed by atoms with E-state index in [9.17, 15) is 0 Å². The van der Waals surface area contributed by atoms with E-state index >= 15 is 0 Å². The molecule has 3 nitrogen and oxygen atoms in total. The maximum atomic E-state index is 4.88. The van der Waals surface area contributed by atoms with Crippen LogP contribution in [0.15, 0.2) is 12.4 Å². The van der Waals surface area contributed by atoms with Gasteiger partial charge in [0.15, 0.2) is 0 Å². The third-order valence-corrected chi connectivity index (χ3v) is 7.36. The van der Waals surface area contributed by atoms with Crippen LogP contribution in [0.2, 0.25) is 14.8 Å². The Bertz CT molecular complexity index is 253. The Balaban J connectivity index is 2.93. The summed E-state index contributed by atoms with van der Waals surface area (Å²) < 4.78 is 6.21. The number of ether oxygens (including phenoxy) is 1. The molecule has 0 spiro atoms. The third kappa shape index (κ3) is 2.33. The molecule has 12 heavy (non-hydrogen) atoms. The van der Waals surface area contributed by atoms with Crippen molar-refractivity contribution in [1.29, 1.82) is 0 Å². The van der Waals surface area contributed by atoms with Gasteiger partial charge in [-0.1, -0.05) is 0 Å². The van der Waals surface area contributed by atoms with E-state index in [4.69, 9.17) is 4.74 Å². The summed E-state index contributed by atoms with van der Waals surface area (Å²) in [6.07, 6.45) is 3.78. The Labute approximate surface area is 77.1 Å². The average molecular weight is 273 g/mol. The molecular weight excluding hydrogens is 259 g/mol. The monoisotopic (exact) mass is 274 g/mol. The van der Waals surface area contributed by atoms with Crippen LogP contribution < -0.4 is 8.32 Å². The van der Waals surface area contributed by atoms with Gasteiger partial charge in [-0.3, -0.25) is 0 Å². The summed E-state index contributed by atoms with van der Waals surface area (Å²) in [7, 11) is 1.58. The first-order chi connectivity index (χ1) is 5.54. The van der Waals surface area contributed by atoms with Gasteiger partial charge < -0.3 is 0 Å². The number of nitrogens with zero attached hydrogens (tertiary/aromatic N) is 2. The predicted molar refractivity (Wildman–Crippen MR) is 51.6 cm³/mol. The van der Waals surface area contributed by atoms with Crippen LogP contribution in [0.1, 0.15) is 0 Å². The van der Waals surface area contributed by atoms with Gasteiger partial charge in [0, 0.05) is 0 Å². The van der Waals surface area contributed by atoms with E-state index in [1.165, 1.54) is 3.58 Å². The second-order valence-electron chi connectivity index (χ2n) is 3.71. The van der Waals surface area contributed by atoms with E-state index in [2.05, 4.69) is 24.8 Å². The fourth-order valence-corrected chi connectivity index (χ4v) is 3.39. The van der Waals surface area contributed by atoms with E-state index in [0.29, 0.717) is 6.01 Å². The Morgan fingerprint density at radius 2 is 1.67 bits per heavy atom. The van der Waals surface area contributed by atoms with Crippen molar-refractivity contribution in [1.82, 2.24) is 9.97 Å². The minimum absolute atomic E-state index is 0.453. The number of hydrogen-bond donors (Lipinski definition) is 0. The Morgan fingerprint density at radius 3 is 2.00 bits per heavy atom. The van der Waals surface area contributed by atoms with Crippen LogP contribution in [0.5, 0.6) is 6.01 Å². The van der Waals surface area contributed by atoms with E-state index < -0.39 is 18.4 Å². The van der Waals surface area contributed by atoms with Gasteiger partial charge in [0.2, 0.25) is 0 Å². The van der Waals surface area contributed by atoms with E-state index in [1.807, 2.05) is 12.4 Å². The number of hydrogen-bond acceptors (Lipinski definition) is 3. The first-order valence-electron chi connectivity index (χ1n) is 3.90. The molecule has 4 heteroatoms. The molecule has 0 atom stereocenters. The Hall–Kier alpha value is -0.321. The second-order valence-corrected chi connectivity index (χ2v) is 18.2. The van der Waals surface area contributed by atoms with Crippen molar-refractivity contribution in [2.45, 2.75) is 14.8 Å². The molecule has 0 unspecified atom stereocenters. The van der Waals surface area contributed by atoms with E-state index in [-0.39, 0.29) is 0 Å². The average Bonchev–Trinajstić information content (AvgIpc) is 2.03. The molecule has 0 radical (unpaired) electrons. The number of methoxy groups -OCH3 is 1. The molecule has 0 amide bonds. The molecule has 1 heterocycles. The zero-order chi connectivity index (χ0) is 9.19. The van der Waals surface area contributed by atoms with Crippen molar-refractivity contribution in [2.24, 2.45) is 0 Å². The quantitative estimate of drug-likeness (QED) is 0.755. The molecule has 0 aromatic carbocycles. The normalized spacial score (nSPS) is 11.3. The van der Waals surface area contributed by atoms with Crippen LogP contribution in [-0.2, 0) is 0 Å². The van der Waals surface area contributed by atoms with Crippen LogP contribution in [0.4, 0.5) is 0 Å². The SMILES string of the molecule is COc1nc[c]([Sn]([CH3])([CH3])[CH3])cn1. The maximum absolute atomic E-state index is 4.88. The molecule has 1 aromatic rings. The van der Waals surface area contributed by atoms with Gasteiger partial charge in [0.05, 0.1) is 0 Å². The van der Waals surface area contributed by atoms with E-state index in [0.717, 1.165) is 0 Å². The summed E-state index contributed by atoms with van der Waals surface area (Å²) in [5.41, 5.74) is 0. The van der Waals surface area contributed by atoms with Gasteiger partial charge in [0.25, 0.3) is 0 Å². The van der Waals surface area contributed by atoms with Crippen LogP contribution in [-0.4, -0.2) is 35.5 Å². The first-order valence-corrected chi connectivity index (χ1v) is 13.9. The van der Waals surface area contributed by atoms with Crippen molar-refractivity contribution in [2.75, 3.05) is 7.11 Å². The fraction of sp³-hybridized carbons (Fsp3) is 0.500. The molecule has 1 rings (SSSR count). The fourth-order valence-electron chi connectivity index (χ4n) is 0.809. The van der Waals surface area contributed by atoms with Crippen LogP contribution >= 0.6 is 0 Å². The van der Waals surface area contributed by atoms with Crippen molar-refractivity contribution in [3.05, 3.63) is 12.4 Å². The predicted octanol–water partition coefficient (Wildman–Crippen LogP) is 1.03. The van der Waals surface area contributed by atoms with Crippen LogP contribution in [0.25, 0.3) is 0 Å². The molecule has 1 aromatic heterocycles. The van der Waals surface area contributed by atoms with Gasteiger partial charge in [-0.25, -0.2) is 0 Å². The molecule has 0 N–H and O–H groups in total. The summed E-state index contributed by atoms with van der Waals surface area (Å²) in [6.45, 7) is 0. The van der Waals surface area contributed by atoms with Crippen molar-refractivity contribution in [3.63, 3.8) is 0 Å². The third-order valence-electron chi connectivity index (χ3n) is 1.68. The Morgan fingerprint density at radius 1 is 1.17 bits per heavy atom. The molecule has 0 aliphatic carbocycles. The minimum atomic E-state index is -1.94. The van der Waals surface area contributed by atoms with Crippen LogP contribution in [0, 0.1) is 0 Å². The molecule has 0 bridgehead atoms. The standard InChI is InChI=1S/C5H5N2O.3CH3.Sn/c1-8-5-6-3-2-4-7-5;;;;/h3-4H,1H3;3*1H3;. The summed E-state index contributed by atoms with van der Waals surface area (Å²) in [6, 6.07) is 0.453. The Kier molecular flexibility index (Phi) is 2.93. The molecule has 66 valence electrons. The van der Waals surface area contributed by atoms with Crippen LogP contribution in [0.3, 0.4) is 0 Å². The number of rotatable bonds is 2.